The Morgan fingerprint density at radius 1 is 1.09 bits per heavy atom. The molecule has 0 atom stereocenters. The fraction of sp³-hybridized carbons (Fsp3) is 1.00. The SMILES string of the molecule is OOCC(F)(F)C(F)(F)CF. The van der Waals surface area contributed by atoms with Gasteiger partial charge in [-0.2, -0.15) is 17.6 Å². The fourth-order valence-electron chi connectivity index (χ4n) is 0.284. The van der Waals surface area contributed by atoms with E-state index in [-0.39, 0.29) is 0 Å². The van der Waals surface area contributed by atoms with Gasteiger partial charge in [0.2, 0.25) is 0 Å². The van der Waals surface area contributed by atoms with Crippen LogP contribution < -0.4 is 0 Å². The van der Waals surface area contributed by atoms with E-state index in [9.17, 15) is 22.0 Å². The first-order valence-corrected chi connectivity index (χ1v) is 2.45. The van der Waals surface area contributed by atoms with Crippen LogP contribution in [0.1, 0.15) is 0 Å². The zero-order chi connectivity index (χ0) is 9.12. The van der Waals surface area contributed by atoms with Crippen molar-refractivity contribution in [2.24, 2.45) is 0 Å². The van der Waals surface area contributed by atoms with Gasteiger partial charge in [0.25, 0.3) is 0 Å². The van der Waals surface area contributed by atoms with E-state index >= 15 is 0 Å². The quantitative estimate of drug-likeness (QED) is 0.405. The second-order valence-corrected chi connectivity index (χ2v) is 1.82. The minimum Gasteiger partial charge on any atom is -0.252 e. The van der Waals surface area contributed by atoms with Gasteiger partial charge in [0.05, 0.1) is 0 Å². The maximum atomic E-state index is 11.9. The predicted octanol–water partition coefficient (Wildman–Crippen LogP) is 1.72. The van der Waals surface area contributed by atoms with Crippen molar-refractivity contribution in [2.75, 3.05) is 13.3 Å². The Bertz CT molecular complexity index is 126. The summed E-state index contributed by atoms with van der Waals surface area (Å²) in [5, 5.41) is 7.42. The summed E-state index contributed by atoms with van der Waals surface area (Å²) in [5.74, 6) is -9.48. The van der Waals surface area contributed by atoms with Crippen LogP contribution in [0.2, 0.25) is 0 Å². The number of hydrogen-bond acceptors (Lipinski definition) is 2. The summed E-state index contributed by atoms with van der Waals surface area (Å²) in [7, 11) is 0. The zero-order valence-electron chi connectivity index (χ0n) is 5.16. The number of halogens is 5. The van der Waals surface area contributed by atoms with Gasteiger partial charge in [-0.3, -0.25) is 5.26 Å². The van der Waals surface area contributed by atoms with Crippen LogP contribution in [0, 0.1) is 0 Å². The van der Waals surface area contributed by atoms with Crippen LogP contribution in [0.3, 0.4) is 0 Å². The molecule has 68 valence electrons. The molecule has 0 saturated heterocycles. The van der Waals surface area contributed by atoms with E-state index in [2.05, 4.69) is 4.89 Å². The van der Waals surface area contributed by atoms with E-state index in [1.807, 2.05) is 0 Å². The first-order valence-electron chi connectivity index (χ1n) is 2.45. The topological polar surface area (TPSA) is 29.5 Å². The van der Waals surface area contributed by atoms with E-state index < -0.39 is 25.1 Å². The van der Waals surface area contributed by atoms with Crippen LogP contribution in [0.25, 0.3) is 0 Å². The van der Waals surface area contributed by atoms with Crippen molar-refractivity contribution in [1.29, 1.82) is 0 Å². The molecule has 0 radical (unpaired) electrons. The maximum Gasteiger partial charge on any atom is 0.340 e. The molecule has 0 aliphatic carbocycles. The van der Waals surface area contributed by atoms with Gasteiger partial charge in [-0.15, -0.1) is 0 Å². The Hall–Kier alpha value is -0.430. The lowest BCUT2D eigenvalue weighted by Crippen LogP contribution is -2.45. The lowest BCUT2D eigenvalue weighted by Gasteiger charge is -2.21. The second-order valence-electron chi connectivity index (χ2n) is 1.82. The first-order chi connectivity index (χ1) is 4.87. The van der Waals surface area contributed by atoms with Crippen molar-refractivity contribution in [3.63, 3.8) is 0 Å². The average molecular weight is 180 g/mol. The monoisotopic (exact) mass is 180 g/mol. The summed E-state index contributed by atoms with van der Waals surface area (Å²) in [4.78, 5) is 2.80. The minimum atomic E-state index is -4.80. The van der Waals surface area contributed by atoms with E-state index in [0.29, 0.717) is 0 Å². The normalized spacial score (nSPS) is 13.6. The van der Waals surface area contributed by atoms with E-state index in [1.165, 1.54) is 0 Å². The lowest BCUT2D eigenvalue weighted by atomic mass is 10.2. The van der Waals surface area contributed by atoms with Gasteiger partial charge in [0.1, 0.15) is 0 Å². The molecule has 0 fully saturated rings. The molecule has 0 aromatic heterocycles. The molecule has 7 heteroatoms. The third kappa shape index (κ3) is 2.26. The molecule has 0 unspecified atom stereocenters. The van der Waals surface area contributed by atoms with Gasteiger partial charge in [0, 0.05) is 0 Å². The smallest absolute Gasteiger partial charge is 0.252 e. The van der Waals surface area contributed by atoms with Gasteiger partial charge in [-0.1, -0.05) is 0 Å². The summed E-state index contributed by atoms with van der Waals surface area (Å²) < 4.78 is 58.7. The van der Waals surface area contributed by atoms with E-state index in [4.69, 9.17) is 5.26 Å². The molecule has 0 aliphatic rings. The van der Waals surface area contributed by atoms with Crippen LogP contribution in [-0.4, -0.2) is 30.4 Å². The van der Waals surface area contributed by atoms with Crippen molar-refractivity contribution in [3.8, 4) is 0 Å². The van der Waals surface area contributed by atoms with Crippen molar-refractivity contribution in [2.45, 2.75) is 11.8 Å². The van der Waals surface area contributed by atoms with Crippen LogP contribution in [0.15, 0.2) is 0 Å². The Labute approximate surface area is 58.5 Å². The van der Waals surface area contributed by atoms with Gasteiger partial charge in [-0.05, 0) is 0 Å². The second kappa shape index (κ2) is 3.31. The highest BCUT2D eigenvalue weighted by molar-refractivity contribution is 4.83. The number of alkyl halides is 5. The van der Waals surface area contributed by atoms with Gasteiger partial charge >= 0.3 is 11.8 Å². The van der Waals surface area contributed by atoms with Crippen molar-refractivity contribution in [3.05, 3.63) is 0 Å². The number of rotatable bonds is 4. The van der Waals surface area contributed by atoms with Crippen molar-refractivity contribution >= 4 is 0 Å². The molecule has 0 heterocycles. The molecule has 0 spiro atoms. The van der Waals surface area contributed by atoms with Crippen LogP contribution in [0.5, 0.6) is 0 Å². The molecule has 0 bridgehead atoms. The Morgan fingerprint density at radius 3 is 1.82 bits per heavy atom. The van der Waals surface area contributed by atoms with E-state index in [1.54, 1.807) is 0 Å². The molecule has 0 rings (SSSR count). The molecule has 11 heavy (non-hydrogen) atoms. The first kappa shape index (κ1) is 10.6. The molecule has 0 amide bonds. The van der Waals surface area contributed by atoms with Gasteiger partial charge in [-0.25, -0.2) is 9.28 Å². The molecule has 0 aromatic carbocycles. The Kier molecular flexibility index (Phi) is 3.18. The molecule has 1 N–H and O–H groups in total. The van der Waals surface area contributed by atoms with Gasteiger partial charge < -0.3 is 0 Å². The molecule has 0 aromatic rings. The highest BCUT2D eigenvalue weighted by Gasteiger charge is 2.56. The molecule has 0 aliphatic heterocycles. The largest absolute Gasteiger partial charge is 0.340 e. The van der Waals surface area contributed by atoms with Crippen molar-refractivity contribution in [1.82, 2.24) is 0 Å². The standard InChI is InChI=1S/C4H5F5O2/c5-1-3(6,7)4(8,9)2-11-10/h10H,1-2H2. The fourth-order valence-corrected chi connectivity index (χ4v) is 0.284. The van der Waals surface area contributed by atoms with Crippen LogP contribution in [0.4, 0.5) is 22.0 Å². The molecule has 0 saturated carbocycles. The van der Waals surface area contributed by atoms with E-state index in [0.717, 1.165) is 0 Å². The molecule has 2 nitrogen and oxygen atoms in total. The van der Waals surface area contributed by atoms with Crippen LogP contribution >= 0.6 is 0 Å². The predicted molar refractivity (Wildman–Crippen MR) is 24.4 cm³/mol. The summed E-state index contributed by atoms with van der Waals surface area (Å²) in [5.41, 5.74) is 0. The number of hydrogen-bond donors (Lipinski definition) is 1. The lowest BCUT2D eigenvalue weighted by molar-refractivity contribution is -0.320. The highest BCUT2D eigenvalue weighted by atomic mass is 19.3. The summed E-state index contributed by atoms with van der Waals surface area (Å²) in [6, 6.07) is 0. The minimum absolute atomic E-state index is 1.93. The summed E-state index contributed by atoms with van der Waals surface area (Å²) >= 11 is 0. The molecular formula is C4H5F5O2. The highest BCUT2D eigenvalue weighted by Crippen LogP contribution is 2.34. The average Bonchev–Trinajstić information content (AvgIpc) is 1.87. The summed E-state index contributed by atoms with van der Waals surface area (Å²) in [6.45, 7) is -4.42. The Morgan fingerprint density at radius 2 is 1.55 bits per heavy atom. The summed E-state index contributed by atoms with van der Waals surface area (Å²) in [6.07, 6.45) is 0. The zero-order valence-corrected chi connectivity index (χ0v) is 5.16. The molecular weight excluding hydrogens is 175 g/mol. The third-order valence-electron chi connectivity index (χ3n) is 0.949. The maximum absolute atomic E-state index is 11.9. The third-order valence-corrected chi connectivity index (χ3v) is 0.949. The Balaban J connectivity index is 4.26. The van der Waals surface area contributed by atoms with Crippen LogP contribution in [-0.2, 0) is 4.89 Å². The van der Waals surface area contributed by atoms with Gasteiger partial charge in [0.15, 0.2) is 13.3 Å². The van der Waals surface area contributed by atoms with Crippen molar-refractivity contribution < 1.29 is 32.1 Å².